The molecule has 1 aliphatic heterocycles. The first-order chi connectivity index (χ1) is 8.68. The maximum atomic E-state index is 12.0. The van der Waals surface area contributed by atoms with Crippen LogP contribution in [-0.2, 0) is 9.47 Å². The third kappa shape index (κ3) is 4.97. The van der Waals surface area contributed by atoms with Crippen molar-refractivity contribution in [2.75, 3.05) is 20.3 Å². The summed E-state index contributed by atoms with van der Waals surface area (Å²) in [5, 5.41) is 3.28. The molecule has 1 rings (SSSR count). The maximum Gasteiger partial charge on any atom is 0.261 e. The molecule has 3 nitrogen and oxygen atoms in total. The van der Waals surface area contributed by atoms with E-state index in [-0.39, 0.29) is 17.2 Å². The van der Waals surface area contributed by atoms with Crippen LogP contribution in [0.5, 0.6) is 0 Å². The Balaban J connectivity index is 2.50. The number of hydrogen-bond acceptors (Lipinski definition) is 3. The zero-order valence-electron chi connectivity index (χ0n) is 12.6. The number of halogens is 2. The fraction of sp³-hybridized carbons (Fsp3) is 1.00. The number of rotatable bonds is 7. The second kappa shape index (κ2) is 6.46. The molecule has 0 aromatic heterocycles. The van der Waals surface area contributed by atoms with Crippen LogP contribution in [-0.4, -0.2) is 43.9 Å². The Hall–Kier alpha value is -0.260. The van der Waals surface area contributed by atoms with Gasteiger partial charge in [-0.2, -0.15) is 0 Å². The van der Waals surface area contributed by atoms with Gasteiger partial charge in [0.25, 0.3) is 6.43 Å². The maximum absolute atomic E-state index is 12.0. The lowest BCUT2D eigenvalue weighted by Crippen LogP contribution is -2.43. The van der Waals surface area contributed by atoms with Gasteiger partial charge < -0.3 is 14.8 Å². The third-order valence-electron chi connectivity index (χ3n) is 3.82. The SMILES string of the molecule is CNC(CCOCC(F)F)C1CC(C)(C)OC1(C)C. The van der Waals surface area contributed by atoms with Gasteiger partial charge in [-0.15, -0.1) is 0 Å². The van der Waals surface area contributed by atoms with Crippen LogP contribution in [0, 0.1) is 5.92 Å². The van der Waals surface area contributed by atoms with Gasteiger partial charge in [-0.3, -0.25) is 0 Å². The van der Waals surface area contributed by atoms with E-state index in [2.05, 4.69) is 33.0 Å². The largest absolute Gasteiger partial charge is 0.375 e. The van der Waals surface area contributed by atoms with E-state index in [0.29, 0.717) is 12.5 Å². The van der Waals surface area contributed by atoms with Gasteiger partial charge in [0.2, 0.25) is 0 Å². The predicted molar refractivity (Wildman–Crippen MR) is 71.6 cm³/mol. The summed E-state index contributed by atoms with van der Waals surface area (Å²) in [5.41, 5.74) is -0.340. The number of nitrogens with one attached hydrogen (secondary N) is 1. The molecule has 2 unspecified atom stereocenters. The third-order valence-corrected chi connectivity index (χ3v) is 3.82. The molecule has 1 fully saturated rings. The molecular weight excluding hydrogens is 252 g/mol. The molecule has 1 heterocycles. The van der Waals surface area contributed by atoms with Crippen LogP contribution in [0.1, 0.15) is 40.5 Å². The van der Waals surface area contributed by atoms with Crippen LogP contribution in [0.3, 0.4) is 0 Å². The van der Waals surface area contributed by atoms with Gasteiger partial charge in [-0.1, -0.05) is 0 Å². The summed E-state index contributed by atoms with van der Waals surface area (Å²) in [6.45, 7) is 8.24. The summed E-state index contributed by atoms with van der Waals surface area (Å²) in [4.78, 5) is 0. The summed E-state index contributed by atoms with van der Waals surface area (Å²) in [6, 6.07) is 0.217. The van der Waals surface area contributed by atoms with Gasteiger partial charge in [0.1, 0.15) is 6.61 Å². The zero-order chi connectivity index (χ0) is 14.7. The van der Waals surface area contributed by atoms with Crippen molar-refractivity contribution in [3.05, 3.63) is 0 Å². The zero-order valence-corrected chi connectivity index (χ0v) is 12.6. The summed E-state index contributed by atoms with van der Waals surface area (Å²) >= 11 is 0. The van der Waals surface area contributed by atoms with Crippen molar-refractivity contribution in [3.8, 4) is 0 Å². The smallest absolute Gasteiger partial charge is 0.261 e. The summed E-state index contributed by atoms with van der Waals surface area (Å²) in [7, 11) is 1.90. The van der Waals surface area contributed by atoms with Crippen LogP contribution in [0.25, 0.3) is 0 Å². The highest BCUT2D eigenvalue weighted by molar-refractivity contribution is 4.99. The van der Waals surface area contributed by atoms with Crippen LogP contribution >= 0.6 is 0 Å². The fourth-order valence-corrected chi connectivity index (χ4v) is 3.16. The molecule has 0 amide bonds. The number of ether oxygens (including phenoxy) is 2. The topological polar surface area (TPSA) is 30.5 Å². The molecule has 0 spiro atoms. The monoisotopic (exact) mass is 279 g/mol. The lowest BCUT2D eigenvalue weighted by atomic mass is 9.80. The minimum Gasteiger partial charge on any atom is -0.375 e. The van der Waals surface area contributed by atoms with Gasteiger partial charge in [-0.05, 0) is 47.6 Å². The van der Waals surface area contributed by atoms with Crippen molar-refractivity contribution in [2.45, 2.75) is 64.2 Å². The Bertz CT molecular complexity index is 283. The Kier molecular flexibility index (Phi) is 5.71. The standard InChI is InChI=1S/C14H27F2NO2/c1-13(2)8-10(14(3,4)19-13)11(17-5)6-7-18-9-12(15)16/h10-12,17H,6-9H2,1-5H3. The van der Waals surface area contributed by atoms with Gasteiger partial charge in [0.15, 0.2) is 0 Å². The van der Waals surface area contributed by atoms with Crippen molar-refractivity contribution in [1.82, 2.24) is 5.32 Å². The average molecular weight is 279 g/mol. The first-order valence-electron chi connectivity index (χ1n) is 6.91. The second-order valence-corrected chi connectivity index (χ2v) is 6.43. The quantitative estimate of drug-likeness (QED) is 0.727. The van der Waals surface area contributed by atoms with Crippen LogP contribution in [0.15, 0.2) is 0 Å². The van der Waals surface area contributed by atoms with Crippen LogP contribution < -0.4 is 5.32 Å². The van der Waals surface area contributed by atoms with Crippen molar-refractivity contribution >= 4 is 0 Å². The summed E-state index contributed by atoms with van der Waals surface area (Å²) < 4.78 is 35.1. The molecule has 1 aliphatic rings. The molecule has 0 aliphatic carbocycles. The molecule has 0 saturated carbocycles. The van der Waals surface area contributed by atoms with Gasteiger partial charge in [-0.25, -0.2) is 8.78 Å². The molecule has 114 valence electrons. The molecule has 2 atom stereocenters. The molecule has 5 heteroatoms. The molecular formula is C14H27F2NO2. The Morgan fingerprint density at radius 3 is 2.37 bits per heavy atom. The summed E-state index contributed by atoms with van der Waals surface area (Å²) in [6.07, 6.45) is -0.713. The van der Waals surface area contributed by atoms with Crippen molar-refractivity contribution in [2.24, 2.45) is 5.92 Å². The van der Waals surface area contributed by atoms with E-state index in [1.165, 1.54) is 0 Å². The van der Waals surface area contributed by atoms with E-state index in [9.17, 15) is 8.78 Å². The van der Waals surface area contributed by atoms with Crippen molar-refractivity contribution < 1.29 is 18.3 Å². The lowest BCUT2D eigenvalue weighted by Gasteiger charge is -2.32. The van der Waals surface area contributed by atoms with E-state index in [1.807, 2.05) is 7.05 Å². The van der Waals surface area contributed by atoms with Gasteiger partial charge in [0.05, 0.1) is 11.2 Å². The molecule has 0 aromatic rings. The van der Waals surface area contributed by atoms with Crippen molar-refractivity contribution in [3.63, 3.8) is 0 Å². The van der Waals surface area contributed by atoms with Crippen LogP contribution in [0.2, 0.25) is 0 Å². The molecule has 0 radical (unpaired) electrons. The molecule has 1 saturated heterocycles. The molecule has 19 heavy (non-hydrogen) atoms. The normalized spacial score (nSPS) is 26.8. The first-order valence-corrected chi connectivity index (χ1v) is 6.91. The van der Waals surface area contributed by atoms with E-state index < -0.39 is 13.0 Å². The lowest BCUT2D eigenvalue weighted by molar-refractivity contribution is -0.0786. The number of hydrogen-bond donors (Lipinski definition) is 1. The van der Waals surface area contributed by atoms with Crippen molar-refractivity contribution in [1.29, 1.82) is 0 Å². The molecule has 0 aromatic carbocycles. The van der Waals surface area contributed by atoms with Gasteiger partial charge >= 0.3 is 0 Å². The second-order valence-electron chi connectivity index (χ2n) is 6.43. The average Bonchev–Trinajstić information content (AvgIpc) is 2.46. The minimum absolute atomic E-state index is 0.132. The van der Waals surface area contributed by atoms with E-state index >= 15 is 0 Å². The highest BCUT2D eigenvalue weighted by atomic mass is 19.3. The Morgan fingerprint density at radius 1 is 1.32 bits per heavy atom. The van der Waals surface area contributed by atoms with E-state index in [4.69, 9.17) is 9.47 Å². The fourth-order valence-electron chi connectivity index (χ4n) is 3.16. The number of alkyl halides is 2. The minimum atomic E-state index is -2.39. The highest BCUT2D eigenvalue weighted by Crippen LogP contribution is 2.44. The van der Waals surface area contributed by atoms with E-state index in [1.54, 1.807) is 0 Å². The molecule has 0 bridgehead atoms. The predicted octanol–water partition coefficient (Wildman–Crippen LogP) is 2.84. The van der Waals surface area contributed by atoms with E-state index in [0.717, 1.165) is 12.8 Å². The Labute approximate surface area is 115 Å². The summed E-state index contributed by atoms with van der Waals surface area (Å²) in [5.74, 6) is 0.350. The molecule has 1 N–H and O–H groups in total. The highest BCUT2D eigenvalue weighted by Gasteiger charge is 2.48. The van der Waals surface area contributed by atoms with Crippen LogP contribution in [0.4, 0.5) is 8.78 Å². The first kappa shape index (κ1) is 16.8. The Morgan fingerprint density at radius 2 is 1.95 bits per heavy atom. The van der Waals surface area contributed by atoms with Gasteiger partial charge in [0, 0.05) is 18.6 Å².